The van der Waals surface area contributed by atoms with Gasteiger partial charge in [0.25, 0.3) is 0 Å². The maximum atomic E-state index is 13.7. The summed E-state index contributed by atoms with van der Waals surface area (Å²) in [5.74, 6) is -0.751. The minimum absolute atomic E-state index is 0.238. The summed E-state index contributed by atoms with van der Waals surface area (Å²) < 4.78 is 15.2. The third kappa shape index (κ3) is 2.79. The molecule has 2 nitrogen and oxygen atoms in total. The zero-order chi connectivity index (χ0) is 15.0. The molecule has 2 N–H and O–H groups in total. The van der Waals surface area contributed by atoms with Crippen molar-refractivity contribution in [1.82, 2.24) is 0 Å². The molecule has 0 aliphatic carbocycles. The number of rotatable bonds is 2. The van der Waals surface area contributed by atoms with Crippen LogP contribution in [0.4, 0.5) is 10.1 Å². The third-order valence-corrected chi connectivity index (χ3v) is 4.65. The average molecular weight is 401 g/mol. The molecule has 0 spiro atoms. The van der Waals surface area contributed by atoms with Gasteiger partial charge >= 0.3 is 0 Å². The Hall–Kier alpha value is -1.20. The van der Waals surface area contributed by atoms with Gasteiger partial charge in [-0.1, -0.05) is 31.9 Å². The molecule has 0 heterocycles. The van der Waals surface area contributed by atoms with Gasteiger partial charge in [0.15, 0.2) is 5.78 Å². The van der Waals surface area contributed by atoms with Gasteiger partial charge in [0.1, 0.15) is 5.82 Å². The van der Waals surface area contributed by atoms with E-state index in [1.165, 1.54) is 12.1 Å². The Bertz CT molecular complexity index is 690. The monoisotopic (exact) mass is 399 g/mol. The maximum absolute atomic E-state index is 13.7. The van der Waals surface area contributed by atoms with Crippen molar-refractivity contribution in [1.29, 1.82) is 0 Å². The summed E-state index contributed by atoms with van der Waals surface area (Å²) in [5, 5.41) is 0. The first-order chi connectivity index (χ1) is 9.31. The van der Waals surface area contributed by atoms with E-state index in [-0.39, 0.29) is 17.0 Å². The lowest BCUT2D eigenvalue weighted by Crippen LogP contribution is -2.06. The SMILES string of the molecule is Cc1cc(Br)c(C(=O)c2cc(N)c(C)c(F)c2)cc1Br. The molecule has 0 unspecified atom stereocenters. The predicted octanol–water partition coefficient (Wildman–Crippen LogP) is 4.78. The fourth-order valence-corrected chi connectivity index (χ4v) is 2.79. The largest absolute Gasteiger partial charge is 0.398 e. The van der Waals surface area contributed by atoms with Gasteiger partial charge in [0, 0.05) is 31.3 Å². The summed E-state index contributed by atoms with van der Waals surface area (Å²) in [6.07, 6.45) is 0. The van der Waals surface area contributed by atoms with Gasteiger partial charge in [-0.15, -0.1) is 0 Å². The van der Waals surface area contributed by atoms with Crippen LogP contribution in [0.15, 0.2) is 33.2 Å². The van der Waals surface area contributed by atoms with Gasteiger partial charge in [-0.2, -0.15) is 0 Å². The Morgan fingerprint density at radius 2 is 1.75 bits per heavy atom. The lowest BCUT2D eigenvalue weighted by Gasteiger charge is -2.09. The Labute approximate surface area is 133 Å². The van der Waals surface area contributed by atoms with Gasteiger partial charge in [0.05, 0.1) is 0 Å². The second-order valence-electron chi connectivity index (χ2n) is 4.58. The first-order valence-corrected chi connectivity index (χ1v) is 7.46. The van der Waals surface area contributed by atoms with Crippen LogP contribution in [0.3, 0.4) is 0 Å². The van der Waals surface area contributed by atoms with E-state index >= 15 is 0 Å². The molecule has 0 saturated heterocycles. The highest BCUT2D eigenvalue weighted by atomic mass is 79.9. The number of carbonyl (C=O) groups excluding carboxylic acids is 1. The van der Waals surface area contributed by atoms with Crippen LogP contribution in [-0.4, -0.2) is 5.78 Å². The molecule has 2 aromatic carbocycles. The molecular weight excluding hydrogens is 389 g/mol. The highest BCUT2D eigenvalue weighted by molar-refractivity contribution is 9.11. The average Bonchev–Trinajstić information content (AvgIpc) is 2.38. The summed E-state index contributed by atoms with van der Waals surface area (Å²) in [5.41, 5.74) is 8.05. The number of hydrogen-bond donors (Lipinski definition) is 1. The van der Waals surface area contributed by atoms with Gasteiger partial charge in [-0.05, 0) is 43.7 Å². The van der Waals surface area contributed by atoms with Crippen molar-refractivity contribution in [3.8, 4) is 0 Å². The number of hydrogen-bond acceptors (Lipinski definition) is 2. The van der Waals surface area contributed by atoms with E-state index in [9.17, 15) is 9.18 Å². The number of aryl methyl sites for hydroxylation is 1. The van der Waals surface area contributed by atoms with Crippen LogP contribution >= 0.6 is 31.9 Å². The van der Waals surface area contributed by atoms with Gasteiger partial charge < -0.3 is 5.73 Å². The smallest absolute Gasteiger partial charge is 0.194 e. The first-order valence-electron chi connectivity index (χ1n) is 5.87. The van der Waals surface area contributed by atoms with E-state index in [4.69, 9.17) is 5.73 Å². The topological polar surface area (TPSA) is 43.1 Å². The summed E-state index contributed by atoms with van der Waals surface area (Å²) in [6.45, 7) is 3.50. The summed E-state index contributed by atoms with van der Waals surface area (Å²) in [4.78, 5) is 12.5. The van der Waals surface area contributed by atoms with E-state index in [0.29, 0.717) is 15.6 Å². The van der Waals surface area contributed by atoms with Crippen molar-refractivity contribution < 1.29 is 9.18 Å². The zero-order valence-corrected chi connectivity index (χ0v) is 14.1. The highest BCUT2D eigenvalue weighted by Gasteiger charge is 2.17. The van der Waals surface area contributed by atoms with E-state index in [2.05, 4.69) is 31.9 Å². The molecular formula is C15H12Br2FNO. The molecule has 104 valence electrons. The summed E-state index contributed by atoms with van der Waals surface area (Å²) in [7, 11) is 0. The van der Waals surface area contributed by atoms with Crippen LogP contribution in [0.1, 0.15) is 27.0 Å². The molecule has 0 aliphatic heterocycles. The lowest BCUT2D eigenvalue weighted by molar-refractivity contribution is 0.103. The van der Waals surface area contributed by atoms with E-state index in [1.807, 2.05) is 13.0 Å². The third-order valence-electron chi connectivity index (χ3n) is 3.14. The maximum Gasteiger partial charge on any atom is 0.194 e. The van der Waals surface area contributed by atoms with Crippen LogP contribution in [0.25, 0.3) is 0 Å². The van der Waals surface area contributed by atoms with Crippen LogP contribution in [0.2, 0.25) is 0 Å². The molecule has 0 amide bonds. The predicted molar refractivity (Wildman–Crippen MR) is 85.6 cm³/mol. The molecule has 0 fully saturated rings. The molecule has 2 rings (SSSR count). The van der Waals surface area contributed by atoms with Gasteiger partial charge in [-0.25, -0.2) is 4.39 Å². The Morgan fingerprint density at radius 3 is 2.35 bits per heavy atom. The van der Waals surface area contributed by atoms with Crippen molar-refractivity contribution in [2.24, 2.45) is 0 Å². The Balaban J connectivity index is 2.55. The van der Waals surface area contributed by atoms with Crippen molar-refractivity contribution in [3.05, 3.63) is 61.3 Å². The Kier molecular flexibility index (Phi) is 4.30. The number of halogens is 3. The van der Waals surface area contributed by atoms with Crippen molar-refractivity contribution in [2.75, 3.05) is 5.73 Å². The minimum Gasteiger partial charge on any atom is -0.398 e. The lowest BCUT2D eigenvalue weighted by atomic mass is 10.00. The second kappa shape index (κ2) is 5.66. The molecule has 0 aliphatic rings. The number of carbonyl (C=O) groups is 1. The molecule has 0 saturated carbocycles. The molecule has 0 aromatic heterocycles. The highest BCUT2D eigenvalue weighted by Crippen LogP contribution is 2.28. The molecule has 5 heteroatoms. The number of ketones is 1. The van der Waals surface area contributed by atoms with E-state index in [0.717, 1.165) is 10.0 Å². The number of nitrogens with two attached hydrogens (primary N) is 1. The Morgan fingerprint density at radius 1 is 1.10 bits per heavy atom. The van der Waals surface area contributed by atoms with Crippen molar-refractivity contribution in [3.63, 3.8) is 0 Å². The molecule has 0 radical (unpaired) electrons. The second-order valence-corrected chi connectivity index (χ2v) is 6.29. The van der Waals surface area contributed by atoms with Crippen molar-refractivity contribution in [2.45, 2.75) is 13.8 Å². The normalized spacial score (nSPS) is 10.7. The van der Waals surface area contributed by atoms with Crippen LogP contribution in [0.5, 0.6) is 0 Å². The molecule has 2 aromatic rings. The van der Waals surface area contributed by atoms with Crippen LogP contribution in [0, 0.1) is 19.7 Å². The van der Waals surface area contributed by atoms with Crippen molar-refractivity contribution >= 4 is 43.3 Å². The fourth-order valence-electron chi connectivity index (χ4n) is 1.81. The van der Waals surface area contributed by atoms with Gasteiger partial charge in [0.2, 0.25) is 0 Å². The first kappa shape index (κ1) is 15.2. The number of benzene rings is 2. The zero-order valence-electron chi connectivity index (χ0n) is 10.9. The quantitative estimate of drug-likeness (QED) is 0.582. The summed E-state index contributed by atoms with van der Waals surface area (Å²) >= 11 is 6.75. The molecule has 20 heavy (non-hydrogen) atoms. The van der Waals surface area contributed by atoms with Crippen LogP contribution < -0.4 is 5.73 Å². The number of anilines is 1. The fraction of sp³-hybridized carbons (Fsp3) is 0.133. The van der Waals surface area contributed by atoms with E-state index in [1.54, 1.807) is 13.0 Å². The molecule has 0 atom stereocenters. The minimum atomic E-state index is -0.476. The van der Waals surface area contributed by atoms with E-state index < -0.39 is 5.82 Å². The summed E-state index contributed by atoms with van der Waals surface area (Å²) in [6, 6.07) is 6.27. The van der Waals surface area contributed by atoms with Crippen LogP contribution in [-0.2, 0) is 0 Å². The number of nitrogen functional groups attached to an aromatic ring is 1. The molecule has 0 bridgehead atoms. The van der Waals surface area contributed by atoms with Gasteiger partial charge in [-0.3, -0.25) is 4.79 Å². The standard InChI is InChI=1S/C15H12Br2FNO/c1-7-3-12(17)10(6-11(7)16)15(20)9-4-13(18)8(2)14(19)5-9/h3-6H,19H2,1-2H3.